The van der Waals surface area contributed by atoms with Crippen LogP contribution >= 0.6 is 11.6 Å². The second kappa shape index (κ2) is 8.20. The highest BCUT2D eigenvalue weighted by Gasteiger charge is 2.34. The second-order valence-corrected chi connectivity index (χ2v) is 6.37. The van der Waals surface area contributed by atoms with Gasteiger partial charge in [0.1, 0.15) is 18.4 Å². The highest BCUT2D eigenvalue weighted by Crippen LogP contribution is 2.20. The molecule has 1 aromatic rings. The van der Waals surface area contributed by atoms with E-state index in [0.29, 0.717) is 30.5 Å². The number of hydrogen-bond acceptors (Lipinski definition) is 3. The zero-order valence-corrected chi connectivity index (χ0v) is 14.3. The fraction of sp³-hybridized carbons (Fsp3) is 0.529. The lowest BCUT2D eigenvalue weighted by Gasteiger charge is -2.25. The van der Waals surface area contributed by atoms with Crippen molar-refractivity contribution in [3.63, 3.8) is 0 Å². The zero-order valence-electron chi connectivity index (χ0n) is 13.5. The van der Waals surface area contributed by atoms with Gasteiger partial charge >= 0.3 is 0 Å². The maximum atomic E-state index is 12.3. The highest BCUT2D eigenvalue weighted by atomic mass is 35.5. The molecule has 0 radical (unpaired) electrons. The van der Waals surface area contributed by atoms with Gasteiger partial charge in [0, 0.05) is 17.5 Å². The number of hydrogen-bond donors (Lipinski definition) is 1. The third-order valence-corrected chi connectivity index (χ3v) is 4.07. The summed E-state index contributed by atoms with van der Waals surface area (Å²) in [6.07, 6.45) is 1.60. The van der Waals surface area contributed by atoms with E-state index >= 15 is 0 Å². The Morgan fingerprint density at radius 2 is 2.04 bits per heavy atom. The Morgan fingerprint density at radius 3 is 2.70 bits per heavy atom. The van der Waals surface area contributed by atoms with E-state index < -0.39 is 0 Å². The molecule has 0 saturated carbocycles. The van der Waals surface area contributed by atoms with Gasteiger partial charge < -0.3 is 15.0 Å². The Bertz CT molecular complexity index is 545. The third kappa shape index (κ3) is 4.86. The van der Waals surface area contributed by atoms with E-state index in [9.17, 15) is 9.59 Å². The van der Waals surface area contributed by atoms with Crippen molar-refractivity contribution in [3.8, 4) is 5.75 Å². The Balaban J connectivity index is 1.75. The van der Waals surface area contributed by atoms with E-state index in [2.05, 4.69) is 5.32 Å². The van der Waals surface area contributed by atoms with Crippen LogP contribution in [-0.2, 0) is 9.59 Å². The minimum Gasteiger partial charge on any atom is -0.492 e. The van der Waals surface area contributed by atoms with Crippen LogP contribution < -0.4 is 10.1 Å². The van der Waals surface area contributed by atoms with Crippen LogP contribution in [0.1, 0.15) is 26.7 Å². The van der Waals surface area contributed by atoms with Gasteiger partial charge in [-0.15, -0.1) is 0 Å². The molecule has 0 aromatic heterocycles. The van der Waals surface area contributed by atoms with Gasteiger partial charge in [-0.05, 0) is 37.1 Å². The number of carbonyl (C=O) groups is 2. The normalized spacial score (nSPS) is 17.4. The van der Waals surface area contributed by atoms with Crippen LogP contribution in [0.5, 0.6) is 5.75 Å². The van der Waals surface area contributed by atoms with Crippen molar-refractivity contribution < 1.29 is 14.3 Å². The molecule has 0 spiro atoms. The van der Waals surface area contributed by atoms with Gasteiger partial charge in [-0.3, -0.25) is 9.59 Å². The molecule has 1 saturated heterocycles. The summed E-state index contributed by atoms with van der Waals surface area (Å²) in [7, 11) is 0. The molecule has 2 amide bonds. The fourth-order valence-corrected chi connectivity index (χ4v) is 2.75. The Labute approximate surface area is 141 Å². The zero-order chi connectivity index (χ0) is 16.8. The number of nitrogens with zero attached hydrogens (tertiary/aromatic N) is 1. The molecule has 1 fully saturated rings. The van der Waals surface area contributed by atoms with E-state index in [1.54, 1.807) is 29.2 Å². The van der Waals surface area contributed by atoms with Gasteiger partial charge in [-0.25, -0.2) is 0 Å². The summed E-state index contributed by atoms with van der Waals surface area (Å²) in [5, 5.41) is 3.50. The van der Waals surface area contributed by atoms with Crippen molar-refractivity contribution in [2.75, 3.05) is 19.7 Å². The van der Waals surface area contributed by atoms with Crippen molar-refractivity contribution in [1.82, 2.24) is 10.2 Å². The van der Waals surface area contributed by atoms with Gasteiger partial charge in [-0.1, -0.05) is 25.4 Å². The van der Waals surface area contributed by atoms with E-state index in [0.717, 1.165) is 12.8 Å². The molecule has 0 bridgehead atoms. The first kappa shape index (κ1) is 17.6. The van der Waals surface area contributed by atoms with Gasteiger partial charge in [0.15, 0.2) is 0 Å². The highest BCUT2D eigenvalue weighted by molar-refractivity contribution is 6.30. The average Bonchev–Trinajstić information content (AvgIpc) is 3.01. The largest absolute Gasteiger partial charge is 0.492 e. The second-order valence-electron chi connectivity index (χ2n) is 5.94. The number of amides is 2. The summed E-state index contributed by atoms with van der Waals surface area (Å²) in [5.74, 6) is 0.564. The predicted molar refractivity (Wildman–Crippen MR) is 89.5 cm³/mol. The minimum atomic E-state index is -0.347. The lowest BCUT2D eigenvalue weighted by molar-refractivity contribution is -0.140. The molecular formula is C17H23ClN2O3. The van der Waals surface area contributed by atoms with Crippen LogP contribution in [0.4, 0.5) is 0 Å². The number of rotatable bonds is 6. The van der Waals surface area contributed by atoms with Crippen molar-refractivity contribution >= 4 is 23.4 Å². The number of likely N-dealkylation sites (tertiary alicyclic amines) is 1. The molecule has 1 N–H and O–H groups in total. The maximum Gasteiger partial charge on any atom is 0.242 e. The summed E-state index contributed by atoms with van der Waals surface area (Å²) in [4.78, 5) is 26.1. The van der Waals surface area contributed by atoms with E-state index in [4.69, 9.17) is 16.3 Å². The van der Waals surface area contributed by atoms with Gasteiger partial charge in [0.05, 0.1) is 6.54 Å². The number of nitrogens with one attached hydrogen (secondary N) is 1. The molecule has 0 unspecified atom stereocenters. The molecule has 1 aliphatic rings. The van der Waals surface area contributed by atoms with E-state index in [1.165, 1.54) is 0 Å². The molecule has 0 aliphatic carbocycles. The van der Waals surface area contributed by atoms with Gasteiger partial charge in [0.2, 0.25) is 11.8 Å². The Kier molecular flexibility index (Phi) is 6.28. The quantitative estimate of drug-likeness (QED) is 0.811. The minimum absolute atomic E-state index is 0.0417. The van der Waals surface area contributed by atoms with E-state index in [1.807, 2.05) is 13.8 Å². The smallest absolute Gasteiger partial charge is 0.242 e. The lowest BCUT2D eigenvalue weighted by atomic mass is 10.1. The summed E-state index contributed by atoms with van der Waals surface area (Å²) in [6.45, 7) is 5.15. The molecule has 1 aromatic carbocycles. The standard InChI is InChI=1S/C17H23ClN2O3/c1-12(2)17(22)20-10-3-4-15(20)16(21)19-9-11-23-14-7-5-13(18)6-8-14/h5-8,12,15H,3-4,9-11H2,1-2H3,(H,19,21)/t15-/m0/s1. The van der Waals surface area contributed by atoms with Crippen LogP contribution in [-0.4, -0.2) is 42.5 Å². The molecule has 5 nitrogen and oxygen atoms in total. The van der Waals surface area contributed by atoms with Crippen molar-refractivity contribution in [3.05, 3.63) is 29.3 Å². The molecular weight excluding hydrogens is 316 g/mol. The third-order valence-electron chi connectivity index (χ3n) is 3.82. The van der Waals surface area contributed by atoms with Crippen molar-refractivity contribution in [1.29, 1.82) is 0 Å². The summed E-state index contributed by atoms with van der Waals surface area (Å²) in [6, 6.07) is 6.72. The van der Waals surface area contributed by atoms with Crippen molar-refractivity contribution in [2.45, 2.75) is 32.7 Å². The lowest BCUT2D eigenvalue weighted by Crippen LogP contribution is -2.47. The van der Waals surface area contributed by atoms with Crippen LogP contribution in [0, 0.1) is 5.92 Å². The summed E-state index contributed by atoms with van der Waals surface area (Å²) >= 11 is 5.80. The van der Waals surface area contributed by atoms with Crippen molar-refractivity contribution in [2.24, 2.45) is 5.92 Å². The van der Waals surface area contributed by atoms with Crippen LogP contribution in [0.25, 0.3) is 0 Å². The number of carbonyl (C=O) groups excluding carboxylic acids is 2. The van der Waals surface area contributed by atoms with Gasteiger partial charge in [0.25, 0.3) is 0 Å². The fourth-order valence-electron chi connectivity index (χ4n) is 2.63. The molecule has 126 valence electrons. The Morgan fingerprint density at radius 1 is 1.35 bits per heavy atom. The van der Waals surface area contributed by atoms with Gasteiger partial charge in [-0.2, -0.15) is 0 Å². The summed E-state index contributed by atoms with van der Waals surface area (Å²) in [5.41, 5.74) is 0. The first-order chi connectivity index (χ1) is 11.0. The predicted octanol–water partition coefficient (Wildman–Crippen LogP) is 2.48. The van der Waals surface area contributed by atoms with Crippen LogP contribution in [0.3, 0.4) is 0 Å². The first-order valence-corrected chi connectivity index (χ1v) is 8.33. The average molecular weight is 339 g/mol. The molecule has 23 heavy (non-hydrogen) atoms. The SMILES string of the molecule is CC(C)C(=O)N1CCC[C@H]1C(=O)NCCOc1ccc(Cl)cc1. The maximum absolute atomic E-state index is 12.3. The molecule has 2 rings (SSSR count). The molecule has 6 heteroatoms. The van der Waals surface area contributed by atoms with Crippen LogP contribution in [0.15, 0.2) is 24.3 Å². The first-order valence-electron chi connectivity index (χ1n) is 7.95. The van der Waals surface area contributed by atoms with Crippen LogP contribution in [0.2, 0.25) is 5.02 Å². The number of benzene rings is 1. The molecule has 1 aliphatic heterocycles. The van der Waals surface area contributed by atoms with E-state index in [-0.39, 0.29) is 23.8 Å². The molecule has 1 heterocycles. The number of ether oxygens (including phenoxy) is 1. The number of halogens is 1. The Hall–Kier alpha value is -1.75. The topological polar surface area (TPSA) is 58.6 Å². The monoisotopic (exact) mass is 338 g/mol. The molecule has 1 atom stereocenters. The summed E-state index contributed by atoms with van der Waals surface area (Å²) < 4.78 is 5.53.